The first-order valence-electron chi connectivity index (χ1n) is 11.3. The third-order valence-electron chi connectivity index (χ3n) is 10.1. The van der Waals surface area contributed by atoms with Crippen LogP contribution in [0.4, 0.5) is 0 Å². The second kappa shape index (κ2) is 5.09. The molecule has 4 nitrogen and oxygen atoms in total. The zero-order valence-corrected chi connectivity index (χ0v) is 16.1. The fraction of sp³-hybridized carbons (Fsp3) is 0.600. The number of rotatable bonds is 5. The van der Waals surface area contributed by atoms with E-state index in [4.69, 9.17) is 9.47 Å². The lowest BCUT2D eigenvalue weighted by atomic mass is 9.78. The summed E-state index contributed by atoms with van der Waals surface area (Å²) in [5.41, 5.74) is 1.11. The van der Waals surface area contributed by atoms with Crippen molar-refractivity contribution < 1.29 is 19.1 Å². The lowest BCUT2D eigenvalue weighted by Gasteiger charge is -2.28. The highest BCUT2D eigenvalue weighted by molar-refractivity contribution is 5.96. The van der Waals surface area contributed by atoms with Gasteiger partial charge in [0.2, 0.25) is 0 Å². The van der Waals surface area contributed by atoms with Crippen LogP contribution in [0.3, 0.4) is 0 Å². The number of hydrogen-bond donors (Lipinski definition) is 0. The van der Waals surface area contributed by atoms with E-state index in [1.165, 1.54) is 0 Å². The minimum Gasteiger partial charge on any atom is -0.351 e. The summed E-state index contributed by atoms with van der Waals surface area (Å²) in [7, 11) is 0. The second-order valence-corrected chi connectivity index (χ2v) is 10.5. The highest BCUT2D eigenvalue weighted by atomic mass is 16.7. The minimum atomic E-state index is -0.254. The van der Waals surface area contributed by atoms with Crippen LogP contribution in [0.2, 0.25) is 0 Å². The van der Waals surface area contributed by atoms with E-state index < -0.39 is 0 Å². The summed E-state index contributed by atoms with van der Waals surface area (Å²) >= 11 is 0. The van der Waals surface area contributed by atoms with E-state index in [9.17, 15) is 9.59 Å². The molecule has 7 aliphatic carbocycles. The molecule has 0 saturated heterocycles. The Balaban J connectivity index is 1.11. The molecule has 1 aromatic rings. The van der Waals surface area contributed by atoms with Crippen LogP contribution in [-0.4, -0.2) is 24.5 Å². The minimum absolute atomic E-state index is 0.0655. The second-order valence-electron chi connectivity index (χ2n) is 10.5. The average molecular weight is 388 g/mol. The monoisotopic (exact) mass is 388 g/mol. The number of Topliss-reactive ketones (excluding diaryl/α,β-unsaturated/α-hetero) is 2. The third-order valence-corrected chi connectivity index (χ3v) is 10.1. The molecule has 1 aromatic carbocycles. The number of hydrogen-bond acceptors (Lipinski definition) is 4. The van der Waals surface area contributed by atoms with Gasteiger partial charge in [0, 0.05) is 23.7 Å². The quantitative estimate of drug-likeness (QED) is 0.442. The normalized spacial score (nSPS) is 55.8. The molecule has 0 heterocycles. The highest BCUT2D eigenvalue weighted by Gasteiger charge is 2.85. The Labute approximate surface area is 169 Å². The van der Waals surface area contributed by atoms with Gasteiger partial charge in [0.15, 0.2) is 0 Å². The maximum atomic E-state index is 13.6. The Hall–Kier alpha value is -1.78. The van der Waals surface area contributed by atoms with Gasteiger partial charge in [-0.05, 0) is 52.9 Å². The first-order chi connectivity index (χ1) is 14.3. The fourth-order valence-electron chi connectivity index (χ4n) is 9.86. The zero-order chi connectivity index (χ0) is 19.0. The SMILES string of the molecule is O=C1[C@H]2[C@H]3C4C5[C@H](C=C[C@@H]52)[C@@H]2C(=O)[C@H]5C(OCOCc6ccccc6)[C@@H]1[C@@H]3[C@H]5[C@H]42. The van der Waals surface area contributed by atoms with Gasteiger partial charge in [-0.3, -0.25) is 9.59 Å². The number of ether oxygens (including phenoxy) is 2. The van der Waals surface area contributed by atoms with Gasteiger partial charge in [-0.25, -0.2) is 0 Å². The van der Waals surface area contributed by atoms with E-state index in [2.05, 4.69) is 12.2 Å². The molecule has 0 N–H and O–H groups in total. The number of fused-ring (bicyclic) bond motifs is 2. The molecular weight excluding hydrogens is 364 g/mol. The molecule has 0 spiro atoms. The number of carbonyl (C=O) groups is 2. The van der Waals surface area contributed by atoms with Crippen LogP contribution < -0.4 is 0 Å². The van der Waals surface area contributed by atoms with Crippen molar-refractivity contribution in [1.29, 1.82) is 0 Å². The van der Waals surface area contributed by atoms with Crippen LogP contribution >= 0.6 is 0 Å². The molecule has 0 aromatic heterocycles. The topological polar surface area (TPSA) is 52.6 Å². The number of carbonyl (C=O) groups excluding carboxylic acids is 2. The summed E-state index contributed by atoms with van der Waals surface area (Å²) in [4.78, 5) is 27.1. The molecular formula is C25H24O4. The highest BCUT2D eigenvalue weighted by Crippen LogP contribution is 2.82. The first kappa shape index (κ1) is 16.0. The summed E-state index contributed by atoms with van der Waals surface area (Å²) in [5.74, 6) is 5.01. The Morgan fingerprint density at radius 1 is 0.690 bits per heavy atom. The van der Waals surface area contributed by atoms with Crippen LogP contribution in [0.25, 0.3) is 0 Å². The third kappa shape index (κ3) is 1.59. The number of allylic oxidation sites excluding steroid dienone is 2. The van der Waals surface area contributed by atoms with Gasteiger partial charge in [-0.1, -0.05) is 42.5 Å². The average Bonchev–Trinajstić information content (AvgIpc) is 3.51. The summed E-state index contributed by atoms with van der Waals surface area (Å²) in [6.45, 7) is 0.653. The van der Waals surface area contributed by atoms with Crippen molar-refractivity contribution in [3.05, 3.63) is 48.0 Å². The smallest absolute Gasteiger partial charge is 0.147 e. The maximum absolute atomic E-state index is 13.6. The Kier molecular flexibility index (Phi) is 2.81. The predicted molar refractivity (Wildman–Crippen MR) is 102 cm³/mol. The Morgan fingerprint density at radius 2 is 1.28 bits per heavy atom. The van der Waals surface area contributed by atoms with Gasteiger partial charge < -0.3 is 9.47 Å². The molecule has 0 aliphatic heterocycles. The standard InChI is InChI=1S/C25H24O4/c26-23-14-11-6-7-12-13(11)16-17(14)19-20-18(16)15(12)24(27)22(20)25(21(19)23)29-9-28-8-10-4-2-1-3-5-10/h1-7,11-22,25H,8-9H2/t11-,12-,13?,14-,15+,16?,17-,18-,19+,20-,21-,22+,25?/m0/s1. The van der Waals surface area contributed by atoms with Crippen LogP contribution in [-0.2, 0) is 25.7 Å². The Morgan fingerprint density at radius 3 is 1.90 bits per heavy atom. The van der Waals surface area contributed by atoms with Crippen molar-refractivity contribution in [1.82, 2.24) is 0 Å². The van der Waals surface area contributed by atoms with Crippen molar-refractivity contribution in [2.24, 2.45) is 71.0 Å². The summed E-state index contributed by atoms with van der Waals surface area (Å²) in [5, 5.41) is 0. The fourth-order valence-corrected chi connectivity index (χ4v) is 9.86. The van der Waals surface area contributed by atoms with E-state index in [1.807, 2.05) is 30.3 Å². The van der Waals surface area contributed by atoms with E-state index in [1.54, 1.807) is 0 Å². The molecule has 6 fully saturated rings. The van der Waals surface area contributed by atoms with Crippen LogP contribution in [0.15, 0.2) is 42.5 Å². The molecule has 0 radical (unpaired) electrons. The van der Waals surface area contributed by atoms with Gasteiger partial charge in [0.1, 0.15) is 18.4 Å². The summed E-state index contributed by atoms with van der Waals surface area (Å²) < 4.78 is 12.0. The molecule has 4 heteroatoms. The molecule has 13 atom stereocenters. The lowest BCUT2D eigenvalue weighted by Crippen LogP contribution is -2.39. The van der Waals surface area contributed by atoms with Gasteiger partial charge in [-0.2, -0.15) is 0 Å². The van der Waals surface area contributed by atoms with Crippen molar-refractivity contribution >= 4 is 11.6 Å². The molecule has 8 rings (SSSR count). The maximum Gasteiger partial charge on any atom is 0.147 e. The van der Waals surface area contributed by atoms with Crippen molar-refractivity contribution in [3.8, 4) is 0 Å². The van der Waals surface area contributed by atoms with Crippen LogP contribution in [0, 0.1) is 71.0 Å². The van der Waals surface area contributed by atoms with Gasteiger partial charge in [-0.15, -0.1) is 0 Å². The first-order valence-corrected chi connectivity index (χ1v) is 11.3. The summed E-state index contributed by atoms with van der Waals surface area (Å²) in [6, 6.07) is 10.0. The van der Waals surface area contributed by atoms with Gasteiger partial charge >= 0.3 is 0 Å². The van der Waals surface area contributed by atoms with Crippen LogP contribution in [0.5, 0.6) is 0 Å². The molecule has 148 valence electrons. The van der Waals surface area contributed by atoms with Crippen molar-refractivity contribution in [2.45, 2.75) is 12.7 Å². The van der Waals surface area contributed by atoms with Crippen molar-refractivity contribution in [2.75, 3.05) is 6.79 Å². The van der Waals surface area contributed by atoms with E-state index in [0.717, 1.165) is 5.56 Å². The molecule has 3 unspecified atom stereocenters. The van der Waals surface area contributed by atoms with E-state index in [0.29, 0.717) is 65.5 Å². The zero-order valence-electron chi connectivity index (χ0n) is 16.1. The molecule has 6 saturated carbocycles. The van der Waals surface area contributed by atoms with E-state index >= 15 is 0 Å². The molecule has 29 heavy (non-hydrogen) atoms. The predicted octanol–water partition coefficient (Wildman–Crippen LogP) is 2.73. The van der Waals surface area contributed by atoms with Crippen molar-refractivity contribution in [3.63, 3.8) is 0 Å². The molecule has 0 bridgehead atoms. The largest absolute Gasteiger partial charge is 0.351 e. The number of benzene rings is 1. The molecule has 7 aliphatic rings. The van der Waals surface area contributed by atoms with Crippen LogP contribution in [0.1, 0.15) is 5.56 Å². The molecule has 0 amide bonds. The number of ketones is 2. The lowest BCUT2D eigenvalue weighted by molar-refractivity contribution is -0.149. The Bertz CT molecular complexity index is 916. The van der Waals surface area contributed by atoms with E-state index in [-0.39, 0.29) is 36.6 Å². The van der Waals surface area contributed by atoms with Gasteiger partial charge in [0.05, 0.1) is 12.7 Å². The summed E-state index contributed by atoms with van der Waals surface area (Å²) in [6.07, 6.45) is 4.37. The van der Waals surface area contributed by atoms with Gasteiger partial charge in [0.25, 0.3) is 0 Å².